The van der Waals surface area contributed by atoms with E-state index in [0.29, 0.717) is 0 Å². The number of hydrogen-bond donors (Lipinski definition) is 1. The molecule has 0 spiro atoms. The molecule has 0 bridgehead atoms. The second kappa shape index (κ2) is 5.13. The highest BCUT2D eigenvalue weighted by Gasteiger charge is 2.10. The van der Waals surface area contributed by atoms with E-state index in [2.05, 4.69) is 4.99 Å². The standard InChI is InChI=1S/C8H18N2O/c1-5-9-6-10(4)7(2)8(3)11/h6-8,11H,5H2,1-4H3/t7-,8?/m1/s1. The first kappa shape index (κ1) is 10.4. The summed E-state index contributed by atoms with van der Waals surface area (Å²) in [5.74, 6) is 0. The van der Waals surface area contributed by atoms with Crippen molar-refractivity contribution in [3.63, 3.8) is 0 Å². The first-order valence-corrected chi connectivity index (χ1v) is 3.99. The largest absolute Gasteiger partial charge is 0.391 e. The molecule has 0 radical (unpaired) electrons. The fourth-order valence-corrected chi connectivity index (χ4v) is 0.656. The second-order valence-electron chi connectivity index (χ2n) is 2.76. The molecule has 0 saturated heterocycles. The molecular weight excluding hydrogens is 140 g/mol. The van der Waals surface area contributed by atoms with E-state index in [1.54, 1.807) is 13.3 Å². The molecule has 0 fully saturated rings. The maximum atomic E-state index is 9.19. The fraction of sp³-hybridized carbons (Fsp3) is 0.875. The summed E-state index contributed by atoms with van der Waals surface area (Å²) in [5.41, 5.74) is 0. The normalized spacial score (nSPS) is 16.8. The molecule has 0 aliphatic heterocycles. The van der Waals surface area contributed by atoms with Crippen LogP contribution in [-0.2, 0) is 0 Å². The first-order valence-electron chi connectivity index (χ1n) is 3.99. The van der Waals surface area contributed by atoms with Crippen LogP contribution in [0.25, 0.3) is 0 Å². The van der Waals surface area contributed by atoms with Crippen molar-refractivity contribution in [1.29, 1.82) is 0 Å². The van der Waals surface area contributed by atoms with Crippen LogP contribution in [0.1, 0.15) is 20.8 Å². The van der Waals surface area contributed by atoms with E-state index < -0.39 is 0 Å². The number of rotatable bonds is 4. The van der Waals surface area contributed by atoms with Crippen LogP contribution in [0.4, 0.5) is 0 Å². The van der Waals surface area contributed by atoms with Crippen LogP contribution in [0.2, 0.25) is 0 Å². The number of likely N-dealkylation sites (N-methyl/N-ethyl adjacent to an activating group) is 1. The van der Waals surface area contributed by atoms with Gasteiger partial charge in [0, 0.05) is 13.6 Å². The Labute approximate surface area is 68.7 Å². The summed E-state index contributed by atoms with van der Waals surface area (Å²) < 4.78 is 0. The lowest BCUT2D eigenvalue weighted by Crippen LogP contribution is -2.36. The summed E-state index contributed by atoms with van der Waals surface area (Å²) in [6.45, 7) is 6.52. The van der Waals surface area contributed by atoms with Gasteiger partial charge in [-0.25, -0.2) is 0 Å². The molecule has 0 aromatic heterocycles. The van der Waals surface area contributed by atoms with E-state index in [1.807, 2.05) is 25.8 Å². The van der Waals surface area contributed by atoms with Gasteiger partial charge in [-0.2, -0.15) is 0 Å². The number of aliphatic imine (C=N–C) groups is 1. The van der Waals surface area contributed by atoms with Crippen LogP contribution in [0.3, 0.4) is 0 Å². The molecule has 11 heavy (non-hydrogen) atoms. The summed E-state index contributed by atoms with van der Waals surface area (Å²) in [7, 11) is 1.91. The van der Waals surface area contributed by atoms with Gasteiger partial charge in [-0.3, -0.25) is 4.99 Å². The number of aliphatic hydroxyl groups excluding tert-OH is 1. The monoisotopic (exact) mass is 158 g/mol. The van der Waals surface area contributed by atoms with Gasteiger partial charge in [0.05, 0.1) is 18.5 Å². The van der Waals surface area contributed by atoms with Crippen molar-refractivity contribution in [1.82, 2.24) is 4.90 Å². The van der Waals surface area contributed by atoms with Crippen LogP contribution >= 0.6 is 0 Å². The maximum Gasteiger partial charge on any atom is 0.0850 e. The van der Waals surface area contributed by atoms with Gasteiger partial charge in [0.2, 0.25) is 0 Å². The van der Waals surface area contributed by atoms with E-state index in [4.69, 9.17) is 0 Å². The molecule has 0 heterocycles. The van der Waals surface area contributed by atoms with Crippen molar-refractivity contribution in [3.05, 3.63) is 0 Å². The van der Waals surface area contributed by atoms with Crippen LogP contribution in [0.15, 0.2) is 4.99 Å². The highest BCUT2D eigenvalue weighted by atomic mass is 16.3. The predicted octanol–water partition coefficient (Wildman–Crippen LogP) is 0.736. The fourth-order valence-electron chi connectivity index (χ4n) is 0.656. The van der Waals surface area contributed by atoms with Crippen LogP contribution in [-0.4, -0.2) is 42.1 Å². The van der Waals surface area contributed by atoms with Crippen molar-refractivity contribution >= 4 is 6.34 Å². The van der Waals surface area contributed by atoms with Crippen LogP contribution < -0.4 is 0 Å². The summed E-state index contributed by atoms with van der Waals surface area (Å²) in [5, 5.41) is 9.19. The average Bonchev–Trinajstić information content (AvgIpc) is 1.98. The van der Waals surface area contributed by atoms with E-state index in [-0.39, 0.29) is 12.1 Å². The molecule has 66 valence electrons. The molecular formula is C8H18N2O. The third-order valence-corrected chi connectivity index (χ3v) is 1.79. The Balaban J connectivity index is 3.81. The van der Waals surface area contributed by atoms with Crippen molar-refractivity contribution in [2.75, 3.05) is 13.6 Å². The highest BCUT2D eigenvalue weighted by Crippen LogP contribution is 1.97. The second-order valence-corrected chi connectivity index (χ2v) is 2.76. The summed E-state index contributed by atoms with van der Waals surface area (Å²) >= 11 is 0. The molecule has 0 aliphatic carbocycles. The smallest absolute Gasteiger partial charge is 0.0850 e. The molecule has 1 N–H and O–H groups in total. The van der Waals surface area contributed by atoms with Crippen molar-refractivity contribution in [2.45, 2.75) is 32.9 Å². The molecule has 2 atom stereocenters. The van der Waals surface area contributed by atoms with Crippen LogP contribution in [0.5, 0.6) is 0 Å². The Hall–Kier alpha value is -0.570. The molecule has 0 amide bonds. The van der Waals surface area contributed by atoms with E-state index >= 15 is 0 Å². The third kappa shape index (κ3) is 3.98. The first-order chi connectivity index (χ1) is 5.09. The zero-order valence-electron chi connectivity index (χ0n) is 7.78. The number of nitrogens with zero attached hydrogens (tertiary/aromatic N) is 2. The molecule has 0 saturated carbocycles. The predicted molar refractivity (Wildman–Crippen MR) is 47.9 cm³/mol. The van der Waals surface area contributed by atoms with E-state index in [9.17, 15) is 5.11 Å². The zero-order chi connectivity index (χ0) is 8.85. The highest BCUT2D eigenvalue weighted by molar-refractivity contribution is 5.54. The van der Waals surface area contributed by atoms with Gasteiger partial charge in [0.1, 0.15) is 0 Å². The Morgan fingerprint density at radius 1 is 1.55 bits per heavy atom. The molecule has 3 nitrogen and oxygen atoms in total. The maximum absolute atomic E-state index is 9.19. The quantitative estimate of drug-likeness (QED) is 0.484. The Morgan fingerprint density at radius 2 is 2.09 bits per heavy atom. The Bertz CT molecular complexity index is 123. The van der Waals surface area contributed by atoms with Crippen molar-refractivity contribution < 1.29 is 5.11 Å². The molecule has 3 heteroatoms. The topological polar surface area (TPSA) is 35.8 Å². The number of aliphatic hydroxyl groups is 1. The van der Waals surface area contributed by atoms with Crippen LogP contribution in [0, 0.1) is 0 Å². The molecule has 1 unspecified atom stereocenters. The third-order valence-electron chi connectivity index (χ3n) is 1.79. The Morgan fingerprint density at radius 3 is 2.45 bits per heavy atom. The minimum atomic E-state index is -0.316. The average molecular weight is 158 g/mol. The number of hydrogen-bond acceptors (Lipinski definition) is 2. The van der Waals surface area contributed by atoms with Gasteiger partial charge in [-0.1, -0.05) is 0 Å². The summed E-state index contributed by atoms with van der Waals surface area (Å²) in [6, 6.07) is 0.130. The van der Waals surface area contributed by atoms with Crippen molar-refractivity contribution in [3.8, 4) is 0 Å². The Kier molecular flexibility index (Phi) is 4.86. The van der Waals surface area contributed by atoms with Gasteiger partial charge in [0.25, 0.3) is 0 Å². The molecule has 0 rings (SSSR count). The minimum absolute atomic E-state index is 0.130. The summed E-state index contributed by atoms with van der Waals surface area (Å²) in [4.78, 5) is 5.98. The minimum Gasteiger partial charge on any atom is -0.391 e. The molecule has 0 aliphatic rings. The van der Waals surface area contributed by atoms with Gasteiger partial charge in [-0.15, -0.1) is 0 Å². The SMILES string of the molecule is CCN=CN(C)[C@H](C)C(C)O. The van der Waals surface area contributed by atoms with Gasteiger partial charge < -0.3 is 10.0 Å². The lowest BCUT2D eigenvalue weighted by Gasteiger charge is -2.24. The van der Waals surface area contributed by atoms with E-state index in [0.717, 1.165) is 6.54 Å². The lowest BCUT2D eigenvalue weighted by molar-refractivity contribution is 0.121. The zero-order valence-corrected chi connectivity index (χ0v) is 7.78. The lowest BCUT2D eigenvalue weighted by atomic mass is 10.2. The van der Waals surface area contributed by atoms with Gasteiger partial charge in [-0.05, 0) is 20.8 Å². The van der Waals surface area contributed by atoms with Gasteiger partial charge in [0.15, 0.2) is 0 Å². The summed E-state index contributed by atoms with van der Waals surface area (Å²) in [6.07, 6.45) is 1.44. The van der Waals surface area contributed by atoms with Gasteiger partial charge >= 0.3 is 0 Å². The molecule has 0 aromatic carbocycles. The van der Waals surface area contributed by atoms with E-state index in [1.165, 1.54) is 0 Å². The van der Waals surface area contributed by atoms with Crippen molar-refractivity contribution in [2.24, 2.45) is 4.99 Å². The molecule has 0 aromatic rings.